The predicted molar refractivity (Wildman–Crippen MR) is 104 cm³/mol. The second-order valence-corrected chi connectivity index (χ2v) is 7.72. The Morgan fingerprint density at radius 1 is 1.26 bits per heavy atom. The normalized spacial score (nSPS) is 20.7. The minimum absolute atomic E-state index is 0.00718. The topological polar surface area (TPSA) is 67.9 Å². The van der Waals surface area contributed by atoms with Crippen molar-refractivity contribution in [1.82, 2.24) is 4.90 Å². The van der Waals surface area contributed by atoms with E-state index in [0.717, 1.165) is 30.9 Å². The third-order valence-corrected chi connectivity index (χ3v) is 5.23. The van der Waals surface area contributed by atoms with Crippen LogP contribution < -0.4 is 10.1 Å². The zero-order valence-corrected chi connectivity index (χ0v) is 16.3. The third-order valence-electron chi connectivity index (χ3n) is 5.23. The van der Waals surface area contributed by atoms with Gasteiger partial charge in [-0.1, -0.05) is 19.9 Å². The molecule has 6 heteroatoms. The van der Waals surface area contributed by atoms with E-state index in [1.54, 1.807) is 0 Å². The summed E-state index contributed by atoms with van der Waals surface area (Å²) in [6.07, 6.45) is 3.71. The van der Waals surface area contributed by atoms with Gasteiger partial charge >= 0.3 is 0 Å². The minimum atomic E-state index is -0.0577. The highest BCUT2D eigenvalue weighted by molar-refractivity contribution is 5.93. The molecule has 0 unspecified atom stereocenters. The average Bonchev–Trinajstić information content (AvgIpc) is 3.20. The van der Waals surface area contributed by atoms with Crippen molar-refractivity contribution < 1.29 is 19.1 Å². The summed E-state index contributed by atoms with van der Waals surface area (Å²) >= 11 is 0. The zero-order valence-electron chi connectivity index (χ0n) is 16.3. The summed E-state index contributed by atoms with van der Waals surface area (Å²) in [6.45, 7) is 6.48. The van der Waals surface area contributed by atoms with E-state index < -0.39 is 0 Å². The van der Waals surface area contributed by atoms with Crippen molar-refractivity contribution in [2.75, 3.05) is 31.6 Å². The third kappa shape index (κ3) is 5.45. The highest BCUT2D eigenvalue weighted by atomic mass is 16.5. The monoisotopic (exact) mass is 374 g/mol. The van der Waals surface area contributed by atoms with Gasteiger partial charge < -0.3 is 19.7 Å². The van der Waals surface area contributed by atoms with E-state index in [-0.39, 0.29) is 29.8 Å². The lowest BCUT2D eigenvalue weighted by Crippen LogP contribution is -2.43. The van der Waals surface area contributed by atoms with Crippen molar-refractivity contribution in [3.8, 4) is 5.75 Å². The molecule has 2 amide bonds. The summed E-state index contributed by atoms with van der Waals surface area (Å²) in [5, 5.41) is 2.99. The Balaban J connectivity index is 1.48. The summed E-state index contributed by atoms with van der Waals surface area (Å²) in [4.78, 5) is 26.5. The molecule has 0 aliphatic carbocycles. The summed E-state index contributed by atoms with van der Waals surface area (Å²) in [7, 11) is 0. The lowest BCUT2D eigenvalue weighted by Gasteiger charge is -2.32. The lowest BCUT2D eigenvalue weighted by atomic mass is 9.95. The minimum Gasteiger partial charge on any atom is -0.491 e. The van der Waals surface area contributed by atoms with Crippen molar-refractivity contribution in [1.29, 1.82) is 0 Å². The van der Waals surface area contributed by atoms with E-state index in [2.05, 4.69) is 5.32 Å². The van der Waals surface area contributed by atoms with Gasteiger partial charge in [-0.05, 0) is 37.8 Å². The number of ether oxygens (including phenoxy) is 2. The number of nitrogens with one attached hydrogen (secondary N) is 1. The number of carbonyl (C=O) groups is 2. The van der Waals surface area contributed by atoms with Crippen LogP contribution in [0.2, 0.25) is 0 Å². The molecule has 0 saturated carbocycles. The van der Waals surface area contributed by atoms with E-state index in [1.165, 1.54) is 0 Å². The van der Waals surface area contributed by atoms with Crippen LogP contribution in [0.1, 0.15) is 39.5 Å². The Kier molecular flexibility index (Phi) is 6.72. The van der Waals surface area contributed by atoms with E-state index in [9.17, 15) is 9.59 Å². The maximum atomic E-state index is 12.6. The van der Waals surface area contributed by atoms with Gasteiger partial charge in [0, 0.05) is 43.3 Å². The summed E-state index contributed by atoms with van der Waals surface area (Å²) < 4.78 is 11.4. The highest BCUT2D eigenvalue weighted by Crippen LogP contribution is 2.23. The second kappa shape index (κ2) is 9.22. The van der Waals surface area contributed by atoms with Crippen LogP contribution in [0, 0.1) is 11.8 Å². The van der Waals surface area contributed by atoms with Crippen LogP contribution in [-0.2, 0) is 14.3 Å². The van der Waals surface area contributed by atoms with Crippen molar-refractivity contribution in [3.63, 3.8) is 0 Å². The molecule has 1 aromatic rings. The van der Waals surface area contributed by atoms with E-state index in [1.807, 2.05) is 43.0 Å². The number of hydrogen-bond donors (Lipinski definition) is 1. The van der Waals surface area contributed by atoms with E-state index in [4.69, 9.17) is 9.47 Å². The molecule has 1 atom stereocenters. The Bertz CT molecular complexity index is 647. The first-order valence-electron chi connectivity index (χ1n) is 9.97. The molecular weight excluding hydrogens is 344 g/mol. The number of anilines is 1. The lowest BCUT2D eigenvalue weighted by molar-refractivity contribution is -0.137. The van der Waals surface area contributed by atoms with Gasteiger partial charge in [-0.2, -0.15) is 0 Å². The number of piperidine rings is 1. The fourth-order valence-corrected chi connectivity index (χ4v) is 3.60. The standard InChI is InChI=1S/C21H30N2O4/c1-15(2)21(25)23-10-8-16(9-11-23)20(24)22-17-5-3-6-18(13-17)27-14-19-7-4-12-26-19/h3,5-6,13,15-16,19H,4,7-12,14H2,1-2H3,(H,22,24)/t19-/m0/s1. The Morgan fingerprint density at radius 3 is 2.70 bits per heavy atom. The van der Waals surface area contributed by atoms with E-state index >= 15 is 0 Å². The molecule has 1 aromatic carbocycles. The first kappa shape index (κ1) is 19.7. The molecule has 2 saturated heterocycles. The molecule has 27 heavy (non-hydrogen) atoms. The molecule has 1 N–H and O–H groups in total. The fourth-order valence-electron chi connectivity index (χ4n) is 3.60. The van der Waals surface area contributed by atoms with Crippen molar-refractivity contribution in [3.05, 3.63) is 24.3 Å². The molecular formula is C21H30N2O4. The number of amides is 2. The molecule has 6 nitrogen and oxygen atoms in total. The zero-order chi connectivity index (χ0) is 19.2. The predicted octanol–water partition coefficient (Wildman–Crippen LogP) is 3.08. The van der Waals surface area contributed by atoms with Crippen LogP contribution >= 0.6 is 0 Å². The largest absolute Gasteiger partial charge is 0.491 e. The Labute approximate surface area is 161 Å². The van der Waals surface area contributed by atoms with E-state index in [0.29, 0.717) is 32.5 Å². The molecule has 0 radical (unpaired) electrons. The van der Waals surface area contributed by atoms with Crippen LogP contribution in [0.15, 0.2) is 24.3 Å². The number of rotatable bonds is 6. The highest BCUT2D eigenvalue weighted by Gasteiger charge is 2.28. The number of hydrogen-bond acceptors (Lipinski definition) is 4. The molecule has 2 heterocycles. The van der Waals surface area contributed by atoms with Gasteiger partial charge in [-0.15, -0.1) is 0 Å². The number of carbonyl (C=O) groups excluding carboxylic acids is 2. The molecule has 0 spiro atoms. The van der Waals surface area contributed by atoms with Gasteiger partial charge in [-0.25, -0.2) is 0 Å². The van der Waals surface area contributed by atoms with Gasteiger partial charge in [0.25, 0.3) is 0 Å². The van der Waals surface area contributed by atoms with Gasteiger partial charge in [0.05, 0.1) is 6.10 Å². The molecule has 3 rings (SSSR count). The van der Waals surface area contributed by atoms with Gasteiger partial charge in [-0.3, -0.25) is 9.59 Å². The molecule has 2 aliphatic heterocycles. The second-order valence-electron chi connectivity index (χ2n) is 7.72. The summed E-state index contributed by atoms with van der Waals surface area (Å²) in [6, 6.07) is 7.49. The van der Waals surface area contributed by atoms with Crippen LogP contribution in [0.25, 0.3) is 0 Å². The molecule has 0 aromatic heterocycles. The summed E-state index contributed by atoms with van der Waals surface area (Å²) in [5.74, 6) is 0.874. The van der Waals surface area contributed by atoms with Gasteiger partial charge in [0.15, 0.2) is 0 Å². The van der Waals surface area contributed by atoms with Crippen molar-refractivity contribution in [2.24, 2.45) is 11.8 Å². The SMILES string of the molecule is CC(C)C(=O)N1CCC(C(=O)Nc2cccc(OC[C@@H]3CCCO3)c2)CC1. The van der Waals surface area contributed by atoms with Crippen LogP contribution in [-0.4, -0.2) is 49.1 Å². The summed E-state index contributed by atoms with van der Waals surface area (Å²) in [5.41, 5.74) is 0.741. The quantitative estimate of drug-likeness (QED) is 0.831. The molecule has 0 bridgehead atoms. The molecule has 2 fully saturated rings. The van der Waals surface area contributed by atoms with Crippen LogP contribution in [0.4, 0.5) is 5.69 Å². The van der Waals surface area contributed by atoms with Crippen LogP contribution in [0.5, 0.6) is 5.75 Å². The maximum Gasteiger partial charge on any atom is 0.227 e. The van der Waals surface area contributed by atoms with Gasteiger partial charge in [0.2, 0.25) is 11.8 Å². The Morgan fingerprint density at radius 2 is 2.04 bits per heavy atom. The Hall–Kier alpha value is -2.08. The van der Waals surface area contributed by atoms with Crippen molar-refractivity contribution >= 4 is 17.5 Å². The first-order chi connectivity index (χ1) is 13.0. The maximum absolute atomic E-state index is 12.6. The number of nitrogens with zero attached hydrogens (tertiary/aromatic N) is 1. The fraction of sp³-hybridized carbons (Fsp3) is 0.619. The number of benzene rings is 1. The van der Waals surface area contributed by atoms with Crippen molar-refractivity contribution in [2.45, 2.75) is 45.6 Å². The van der Waals surface area contributed by atoms with Gasteiger partial charge in [0.1, 0.15) is 12.4 Å². The smallest absolute Gasteiger partial charge is 0.227 e. The average molecular weight is 374 g/mol. The van der Waals surface area contributed by atoms with Crippen LogP contribution in [0.3, 0.4) is 0 Å². The first-order valence-corrected chi connectivity index (χ1v) is 9.97. The molecule has 2 aliphatic rings. The molecule has 148 valence electrons. The number of likely N-dealkylation sites (tertiary alicyclic amines) is 1.